The van der Waals surface area contributed by atoms with E-state index in [1.807, 2.05) is 17.5 Å². The second-order valence-corrected chi connectivity index (χ2v) is 6.80. The van der Waals surface area contributed by atoms with Gasteiger partial charge in [-0.25, -0.2) is 0 Å². The Morgan fingerprint density at radius 2 is 2.27 bits per heavy atom. The van der Waals surface area contributed by atoms with Crippen molar-refractivity contribution in [3.05, 3.63) is 63.4 Å². The largest absolute Gasteiger partial charge is 0.484 e. The van der Waals surface area contributed by atoms with Gasteiger partial charge in [-0.05, 0) is 11.4 Å². The number of aromatic nitrogens is 2. The average molecular weight is 394 g/mol. The van der Waals surface area contributed by atoms with Crippen molar-refractivity contribution in [2.24, 2.45) is 0 Å². The van der Waals surface area contributed by atoms with Crippen molar-refractivity contribution >= 4 is 28.8 Å². The van der Waals surface area contributed by atoms with Gasteiger partial charge in [-0.3, -0.25) is 9.78 Å². The molecule has 7 nitrogen and oxygen atoms in total. The lowest BCUT2D eigenvalue weighted by Crippen LogP contribution is -2.33. The maximum Gasteiger partial charge on any atom is 0.276 e. The van der Waals surface area contributed by atoms with Crippen LogP contribution in [0.25, 0.3) is 0 Å². The van der Waals surface area contributed by atoms with E-state index < -0.39 is 0 Å². The Balaban J connectivity index is 1.64. The summed E-state index contributed by atoms with van der Waals surface area (Å²) < 4.78 is 10.7. The van der Waals surface area contributed by atoms with Gasteiger partial charge in [0.1, 0.15) is 12.4 Å². The zero-order valence-corrected chi connectivity index (χ0v) is 15.2. The molecule has 136 valence electrons. The highest BCUT2D eigenvalue weighted by Crippen LogP contribution is 2.18. The average Bonchev–Trinajstić information content (AvgIpc) is 3.31. The third-order valence-electron chi connectivity index (χ3n) is 3.42. The van der Waals surface area contributed by atoms with Crippen molar-refractivity contribution in [1.29, 1.82) is 0 Å². The number of hydrogen-bond acceptors (Lipinski definition) is 7. The molecule has 1 amide bonds. The van der Waals surface area contributed by atoms with Crippen LogP contribution in [0.2, 0.25) is 5.02 Å². The number of carbonyl (C=O) groups is 1. The first-order chi connectivity index (χ1) is 12.7. The molecule has 0 spiro atoms. The maximum absolute atomic E-state index is 12.6. The van der Waals surface area contributed by atoms with Gasteiger partial charge in [0.25, 0.3) is 5.91 Å². The lowest BCUT2D eigenvalue weighted by atomic mass is 10.3. The molecule has 0 unspecified atom stereocenters. The van der Waals surface area contributed by atoms with Gasteiger partial charge in [0.05, 0.1) is 24.4 Å². The topological polar surface area (TPSA) is 88.7 Å². The van der Waals surface area contributed by atoms with Crippen molar-refractivity contribution in [3.63, 3.8) is 0 Å². The van der Waals surface area contributed by atoms with E-state index in [0.717, 1.165) is 4.88 Å². The molecule has 0 aromatic carbocycles. The van der Waals surface area contributed by atoms with E-state index in [2.05, 4.69) is 10.1 Å². The third-order valence-corrected chi connectivity index (χ3v) is 4.49. The standard InChI is InChI=1S/C17H16ClN3O4S/c18-12-6-13(9-19-8-12)24-11-14-7-16(20-25-14)17(23)21(3-4-22)10-15-2-1-5-26-15/h1-2,5-9,22H,3-4,10-11H2. The molecule has 3 aromatic heterocycles. The minimum absolute atomic E-state index is 0.0905. The molecule has 3 rings (SSSR count). The fourth-order valence-electron chi connectivity index (χ4n) is 2.23. The van der Waals surface area contributed by atoms with Crippen molar-refractivity contribution in [3.8, 4) is 5.75 Å². The number of rotatable bonds is 8. The molecular formula is C17H16ClN3O4S. The summed E-state index contributed by atoms with van der Waals surface area (Å²) in [4.78, 5) is 19.1. The molecule has 0 bridgehead atoms. The highest BCUT2D eigenvalue weighted by Gasteiger charge is 2.20. The number of carbonyl (C=O) groups excluding carboxylic acids is 1. The van der Waals surface area contributed by atoms with Crippen LogP contribution in [0, 0.1) is 0 Å². The molecule has 26 heavy (non-hydrogen) atoms. The molecule has 0 saturated heterocycles. The molecular weight excluding hydrogens is 378 g/mol. The van der Waals surface area contributed by atoms with Crippen LogP contribution in [0.4, 0.5) is 0 Å². The van der Waals surface area contributed by atoms with E-state index in [0.29, 0.717) is 23.1 Å². The van der Waals surface area contributed by atoms with Crippen LogP contribution in [0.3, 0.4) is 0 Å². The minimum atomic E-state index is -0.313. The fraction of sp³-hybridized carbons (Fsp3) is 0.235. The maximum atomic E-state index is 12.6. The summed E-state index contributed by atoms with van der Waals surface area (Å²) in [5.41, 5.74) is 0.165. The summed E-state index contributed by atoms with van der Waals surface area (Å²) in [7, 11) is 0. The Bertz CT molecular complexity index is 853. The van der Waals surface area contributed by atoms with Crippen LogP contribution in [0.1, 0.15) is 21.1 Å². The van der Waals surface area contributed by atoms with Gasteiger partial charge in [-0.2, -0.15) is 0 Å². The smallest absolute Gasteiger partial charge is 0.276 e. The van der Waals surface area contributed by atoms with Crippen molar-refractivity contribution < 1.29 is 19.2 Å². The van der Waals surface area contributed by atoms with Crippen LogP contribution in [-0.4, -0.2) is 39.2 Å². The van der Waals surface area contributed by atoms with Crippen LogP contribution >= 0.6 is 22.9 Å². The van der Waals surface area contributed by atoms with Crippen LogP contribution in [-0.2, 0) is 13.2 Å². The van der Waals surface area contributed by atoms with E-state index >= 15 is 0 Å². The summed E-state index contributed by atoms with van der Waals surface area (Å²) in [5, 5.41) is 15.4. The number of hydrogen-bond donors (Lipinski definition) is 1. The number of pyridine rings is 1. The van der Waals surface area contributed by atoms with Gasteiger partial charge in [-0.1, -0.05) is 22.8 Å². The van der Waals surface area contributed by atoms with Crippen LogP contribution in [0.15, 0.2) is 46.6 Å². The first-order valence-electron chi connectivity index (χ1n) is 7.77. The predicted octanol–water partition coefficient (Wildman–Crippen LogP) is 3.00. The van der Waals surface area contributed by atoms with Crippen LogP contribution < -0.4 is 4.74 Å². The van der Waals surface area contributed by atoms with Crippen molar-refractivity contribution in [2.45, 2.75) is 13.2 Å². The Kier molecular flexibility index (Phi) is 6.21. The number of ether oxygens (including phenoxy) is 1. The Labute approximate surface area is 158 Å². The number of thiophene rings is 1. The monoisotopic (exact) mass is 393 g/mol. The second kappa shape index (κ2) is 8.79. The number of aliphatic hydroxyl groups is 1. The minimum Gasteiger partial charge on any atom is -0.484 e. The van der Waals surface area contributed by atoms with Gasteiger partial charge < -0.3 is 19.3 Å². The Hall–Kier alpha value is -2.42. The first-order valence-corrected chi connectivity index (χ1v) is 9.03. The Morgan fingerprint density at radius 3 is 3.00 bits per heavy atom. The van der Waals surface area contributed by atoms with E-state index in [1.54, 1.807) is 17.4 Å². The number of halogens is 1. The van der Waals surface area contributed by atoms with E-state index in [9.17, 15) is 9.90 Å². The van der Waals surface area contributed by atoms with Gasteiger partial charge in [0.2, 0.25) is 0 Å². The molecule has 0 atom stereocenters. The molecule has 0 aliphatic carbocycles. The lowest BCUT2D eigenvalue weighted by Gasteiger charge is -2.19. The zero-order chi connectivity index (χ0) is 18.4. The summed E-state index contributed by atoms with van der Waals surface area (Å²) in [6.45, 7) is 0.577. The molecule has 0 fully saturated rings. The number of nitrogens with zero attached hydrogens (tertiary/aromatic N) is 3. The SMILES string of the molecule is O=C(c1cc(COc2cncc(Cl)c2)on1)N(CCO)Cc1cccs1. The molecule has 0 saturated carbocycles. The second-order valence-electron chi connectivity index (χ2n) is 5.34. The van der Waals surface area contributed by atoms with Gasteiger partial charge in [-0.15, -0.1) is 11.3 Å². The molecule has 0 aliphatic rings. The summed E-state index contributed by atoms with van der Waals surface area (Å²) in [5.74, 6) is 0.571. The fourth-order valence-corrected chi connectivity index (χ4v) is 3.12. The Morgan fingerprint density at radius 1 is 1.38 bits per heavy atom. The van der Waals surface area contributed by atoms with E-state index in [-0.39, 0.29) is 31.4 Å². The highest BCUT2D eigenvalue weighted by atomic mass is 35.5. The quantitative estimate of drug-likeness (QED) is 0.632. The molecule has 3 heterocycles. The van der Waals surface area contributed by atoms with Gasteiger partial charge >= 0.3 is 0 Å². The van der Waals surface area contributed by atoms with Gasteiger partial charge in [0, 0.05) is 29.8 Å². The van der Waals surface area contributed by atoms with Crippen molar-refractivity contribution in [1.82, 2.24) is 15.0 Å². The normalized spacial score (nSPS) is 10.7. The van der Waals surface area contributed by atoms with E-state index in [4.69, 9.17) is 20.9 Å². The molecule has 1 N–H and O–H groups in total. The third kappa shape index (κ3) is 4.81. The summed E-state index contributed by atoms with van der Waals surface area (Å²) >= 11 is 7.39. The number of aliphatic hydroxyl groups excluding tert-OH is 1. The van der Waals surface area contributed by atoms with E-state index in [1.165, 1.54) is 23.4 Å². The zero-order valence-electron chi connectivity index (χ0n) is 13.7. The van der Waals surface area contributed by atoms with Crippen molar-refractivity contribution in [2.75, 3.05) is 13.2 Å². The summed E-state index contributed by atoms with van der Waals surface area (Å²) in [6, 6.07) is 7.00. The molecule has 3 aromatic rings. The molecule has 0 aliphatic heterocycles. The predicted molar refractivity (Wildman–Crippen MR) is 96.2 cm³/mol. The summed E-state index contributed by atoms with van der Waals surface area (Å²) in [6.07, 6.45) is 3.03. The van der Waals surface area contributed by atoms with Gasteiger partial charge in [0.15, 0.2) is 11.5 Å². The molecule has 9 heteroatoms. The van der Waals surface area contributed by atoms with Crippen LogP contribution in [0.5, 0.6) is 5.75 Å². The first kappa shape index (κ1) is 18.4. The lowest BCUT2D eigenvalue weighted by molar-refractivity contribution is 0.0699. The molecule has 0 radical (unpaired) electrons. The number of amides is 1. The highest BCUT2D eigenvalue weighted by molar-refractivity contribution is 7.09.